The van der Waals surface area contributed by atoms with E-state index in [-0.39, 0.29) is 24.6 Å². The van der Waals surface area contributed by atoms with Crippen LogP contribution in [0.4, 0.5) is 0 Å². The molecular weight excluding hydrogens is 216 g/mol. The van der Waals surface area contributed by atoms with E-state index in [1.54, 1.807) is 0 Å². The normalized spacial score (nSPS) is 34.1. The van der Waals surface area contributed by atoms with Gasteiger partial charge in [0.1, 0.15) is 0 Å². The number of carbonyl (C=O) groups is 1. The largest absolute Gasteiger partial charge is 0.394 e. The number of hydrogen-bond donors (Lipinski definition) is 3. The summed E-state index contributed by atoms with van der Waals surface area (Å²) in [4.78, 5) is 12.0. The Labute approximate surface area is 103 Å². The minimum atomic E-state index is -0.0908. The second-order valence-electron chi connectivity index (χ2n) is 5.40. The standard InChI is InChI=1S/C13H24N2O2/c1-2-10(8-16)14-13(17)12-7-9-5-3-4-6-11(9)15-12/h9-12,15-16H,2-8H2,1H3,(H,14,17)/t9?,10-,11?,12?/m0/s1. The van der Waals surface area contributed by atoms with Gasteiger partial charge in [-0.3, -0.25) is 4.79 Å². The Morgan fingerprint density at radius 1 is 1.47 bits per heavy atom. The summed E-state index contributed by atoms with van der Waals surface area (Å²) < 4.78 is 0. The average Bonchev–Trinajstić information content (AvgIpc) is 2.79. The highest BCUT2D eigenvalue weighted by Gasteiger charge is 2.38. The van der Waals surface area contributed by atoms with Gasteiger partial charge in [0.2, 0.25) is 5.91 Å². The lowest BCUT2D eigenvalue weighted by Crippen LogP contribution is -2.47. The third kappa shape index (κ3) is 2.99. The number of aliphatic hydroxyl groups is 1. The minimum absolute atomic E-state index is 0.0296. The first-order valence-electron chi connectivity index (χ1n) is 6.91. The van der Waals surface area contributed by atoms with Crippen LogP contribution in [-0.4, -0.2) is 35.7 Å². The third-order valence-electron chi connectivity index (χ3n) is 4.24. The van der Waals surface area contributed by atoms with E-state index in [1.165, 1.54) is 25.7 Å². The molecule has 0 radical (unpaired) electrons. The van der Waals surface area contributed by atoms with Gasteiger partial charge in [0.15, 0.2) is 0 Å². The molecule has 98 valence electrons. The van der Waals surface area contributed by atoms with Gasteiger partial charge in [-0.1, -0.05) is 19.8 Å². The maximum absolute atomic E-state index is 12.0. The highest BCUT2D eigenvalue weighted by atomic mass is 16.3. The van der Waals surface area contributed by atoms with Crippen molar-refractivity contribution in [3.63, 3.8) is 0 Å². The number of rotatable bonds is 4. The zero-order valence-electron chi connectivity index (χ0n) is 10.6. The van der Waals surface area contributed by atoms with Crippen molar-refractivity contribution in [1.29, 1.82) is 0 Å². The molecule has 0 spiro atoms. The topological polar surface area (TPSA) is 61.4 Å². The molecule has 4 heteroatoms. The van der Waals surface area contributed by atoms with Crippen LogP contribution in [0.5, 0.6) is 0 Å². The molecule has 4 nitrogen and oxygen atoms in total. The van der Waals surface area contributed by atoms with Crippen molar-refractivity contribution in [2.45, 2.75) is 63.6 Å². The number of nitrogens with one attached hydrogen (secondary N) is 2. The molecule has 0 aromatic carbocycles. The molecule has 1 aliphatic heterocycles. The van der Waals surface area contributed by atoms with Crippen LogP contribution in [-0.2, 0) is 4.79 Å². The van der Waals surface area contributed by atoms with Crippen LogP contribution in [0.15, 0.2) is 0 Å². The summed E-state index contributed by atoms with van der Waals surface area (Å²) >= 11 is 0. The quantitative estimate of drug-likeness (QED) is 0.681. The van der Waals surface area contributed by atoms with E-state index in [2.05, 4.69) is 10.6 Å². The van der Waals surface area contributed by atoms with E-state index >= 15 is 0 Å². The minimum Gasteiger partial charge on any atom is -0.394 e. The van der Waals surface area contributed by atoms with Crippen molar-refractivity contribution in [2.24, 2.45) is 5.92 Å². The Balaban J connectivity index is 1.84. The summed E-state index contributed by atoms with van der Waals surface area (Å²) in [6.45, 7) is 2.00. The molecule has 1 saturated carbocycles. The number of aliphatic hydroxyl groups excluding tert-OH is 1. The van der Waals surface area contributed by atoms with Crippen molar-refractivity contribution in [3.05, 3.63) is 0 Å². The van der Waals surface area contributed by atoms with E-state index < -0.39 is 0 Å². The van der Waals surface area contributed by atoms with Gasteiger partial charge in [0.25, 0.3) is 0 Å². The smallest absolute Gasteiger partial charge is 0.237 e. The van der Waals surface area contributed by atoms with Gasteiger partial charge in [0.05, 0.1) is 18.7 Å². The molecule has 3 unspecified atom stereocenters. The van der Waals surface area contributed by atoms with Crippen molar-refractivity contribution < 1.29 is 9.90 Å². The van der Waals surface area contributed by atoms with Gasteiger partial charge in [0, 0.05) is 6.04 Å². The number of fused-ring (bicyclic) bond motifs is 1. The van der Waals surface area contributed by atoms with Crippen LogP contribution in [0, 0.1) is 5.92 Å². The second kappa shape index (κ2) is 5.83. The Hall–Kier alpha value is -0.610. The van der Waals surface area contributed by atoms with E-state index in [4.69, 9.17) is 5.11 Å². The maximum atomic E-state index is 12.0. The fraction of sp³-hybridized carbons (Fsp3) is 0.923. The third-order valence-corrected chi connectivity index (χ3v) is 4.24. The van der Waals surface area contributed by atoms with E-state index in [0.29, 0.717) is 12.0 Å². The summed E-state index contributed by atoms with van der Waals surface area (Å²) in [6.07, 6.45) is 6.83. The van der Waals surface area contributed by atoms with Gasteiger partial charge < -0.3 is 15.7 Å². The van der Waals surface area contributed by atoms with E-state index in [0.717, 1.165) is 12.8 Å². The molecule has 3 N–H and O–H groups in total. The summed E-state index contributed by atoms with van der Waals surface area (Å²) in [5, 5.41) is 15.5. The van der Waals surface area contributed by atoms with Crippen molar-refractivity contribution in [1.82, 2.24) is 10.6 Å². The SMILES string of the molecule is CC[C@@H](CO)NC(=O)C1CC2CCCCC2N1. The molecular formula is C13H24N2O2. The van der Waals surface area contributed by atoms with Gasteiger partial charge in [-0.25, -0.2) is 0 Å². The summed E-state index contributed by atoms with van der Waals surface area (Å²) in [5.41, 5.74) is 0. The number of amides is 1. The molecule has 4 atom stereocenters. The summed E-state index contributed by atoms with van der Waals surface area (Å²) in [5.74, 6) is 0.758. The van der Waals surface area contributed by atoms with Crippen LogP contribution >= 0.6 is 0 Å². The lowest BCUT2D eigenvalue weighted by atomic mass is 9.85. The van der Waals surface area contributed by atoms with E-state index in [1.807, 2.05) is 6.92 Å². The molecule has 2 fully saturated rings. The Morgan fingerprint density at radius 2 is 2.24 bits per heavy atom. The fourth-order valence-electron chi connectivity index (χ4n) is 3.10. The molecule has 2 rings (SSSR count). The highest BCUT2D eigenvalue weighted by molar-refractivity contribution is 5.82. The van der Waals surface area contributed by atoms with Gasteiger partial charge in [-0.05, 0) is 31.6 Å². The first-order chi connectivity index (χ1) is 8.24. The van der Waals surface area contributed by atoms with Gasteiger partial charge >= 0.3 is 0 Å². The zero-order valence-corrected chi connectivity index (χ0v) is 10.6. The number of hydrogen-bond acceptors (Lipinski definition) is 3. The summed E-state index contributed by atoms with van der Waals surface area (Å²) in [6, 6.07) is 0.421. The molecule has 0 aromatic heterocycles. The van der Waals surface area contributed by atoms with Crippen LogP contribution in [0.2, 0.25) is 0 Å². The first kappa shape index (κ1) is 12.8. The molecule has 1 heterocycles. The van der Waals surface area contributed by atoms with Crippen molar-refractivity contribution in [2.75, 3.05) is 6.61 Å². The van der Waals surface area contributed by atoms with Crippen LogP contribution in [0.1, 0.15) is 45.4 Å². The van der Waals surface area contributed by atoms with Crippen LogP contribution < -0.4 is 10.6 Å². The summed E-state index contributed by atoms with van der Waals surface area (Å²) in [7, 11) is 0. The Bertz CT molecular complexity index is 252. The second-order valence-corrected chi connectivity index (χ2v) is 5.40. The first-order valence-corrected chi connectivity index (χ1v) is 6.91. The van der Waals surface area contributed by atoms with Gasteiger partial charge in [-0.2, -0.15) is 0 Å². The lowest BCUT2D eigenvalue weighted by molar-refractivity contribution is -0.123. The van der Waals surface area contributed by atoms with E-state index in [9.17, 15) is 4.79 Å². The lowest BCUT2D eigenvalue weighted by Gasteiger charge is -2.24. The predicted octanol–water partition coefficient (Wildman–Crippen LogP) is 0.794. The molecule has 17 heavy (non-hydrogen) atoms. The molecule has 0 aromatic rings. The fourth-order valence-corrected chi connectivity index (χ4v) is 3.10. The Morgan fingerprint density at radius 3 is 2.88 bits per heavy atom. The number of carbonyl (C=O) groups excluding carboxylic acids is 1. The predicted molar refractivity (Wildman–Crippen MR) is 66.6 cm³/mol. The van der Waals surface area contributed by atoms with Gasteiger partial charge in [-0.15, -0.1) is 0 Å². The van der Waals surface area contributed by atoms with Crippen LogP contribution in [0.3, 0.4) is 0 Å². The van der Waals surface area contributed by atoms with Crippen LogP contribution in [0.25, 0.3) is 0 Å². The average molecular weight is 240 g/mol. The molecule has 1 amide bonds. The molecule has 1 saturated heterocycles. The maximum Gasteiger partial charge on any atom is 0.237 e. The molecule has 0 bridgehead atoms. The molecule has 2 aliphatic rings. The monoisotopic (exact) mass is 240 g/mol. The van der Waals surface area contributed by atoms with Crippen molar-refractivity contribution >= 4 is 5.91 Å². The van der Waals surface area contributed by atoms with Crippen molar-refractivity contribution in [3.8, 4) is 0 Å². The highest BCUT2D eigenvalue weighted by Crippen LogP contribution is 2.33. The molecule has 1 aliphatic carbocycles. The zero-order chi connectivity index (χ0) is 12.3. The Kier molecular flexibility index (Phi) is 4.40.